The number of hydrogen-bond acceptors (Lipinski definition) is 3. The maximum atomic E-state index is 11.9. The summed E-state index contributed by atoms with van der Waals surface area (Å²) in [6, 6.07) is 5.72. The van der Waals surface area contributed by atoms with Crippen LogP contribution in [0.3, 0.4) is 0 Å². The Morgan fingerprint density at radius 2 is 1.89 bits per heavy atom. The van der Waals surface area contributed by atoms with E-state index in [0.717, 1.165) is 17.5 Å². The molecule has 0 aromatic heterocycles. The largest absolute Gasteiger partial charge is 0.326 e. The number of carbonyl (C=O) groups excluding carboxylic acids is 1. The Morgan fingerprint density at radius 1 is 1.26 bits per heavy atom. The molecule has 0 saturated carbocycles. The minimum absolute atomic E-state index is 0.122. The lowest BCUT2D eigenvalue weighted by Gasteiger charge is -2.35. The van der Waals surface area contributed by atoms with Crippen LogP contribution in [0.5, 0.6) is 0 Å². The molecule has 0 spiro atoms. The van der Waals surface area contributed by atoms with Crippen molar-refractivity contribution in [2.24, 2.45) is 5.92 Å². The van der Waals surface area contributed by atoms with Crippen LogP contribution in [-0.2, 0) is 14.8 Å². The van der Waals surface area contributed by atoms with Gasteiger partial charge in [-0.1, -0.05) is 6.07 Å². The Bertz CT molecular complexity index is 604. The summed E-state index contributed by atoms with van der Waals surface area (Å²) in [4.78, 5) is 11.9. The molecule has 1 amide bonds. The van der Waals surface area contributed by atoms with Crippen molar-refractivity contribution in [3.05, 3.63) is 29.3 Å². The summed E-state index contributed by atoms with van der Waals surface area (Å²) in [5.74, 6) is -0.375. The number of anilines is 1. The van der Waals surface area contributed by atoms with E-state index >= 15 is 0 Å². The predicted octanol–water partition coefficient (Wildman–Crippen LogP) is 1.13. The van der Waals surface area contributed by atoms with E-state index in [2.05, 4.69) is 5.32 Å². The van der Waals surface area contributed by atoms with Crippen LogP contribution >= 0.6 is 0 Å². The number of benzene rings is 1. The fraction of sp³-hybridized carbons (Fsp3) is 0.462. The molecule has 0 bridgehead atoms. The van der Waals surface area contributed by atoms with Crippen LogP contribution in [0.1, 0.15) is 11.1 Å². The van der Waals surface area contributed by atoms with Gasteiger partial charge < -0.3 is 5.32 Å². The minimum atomic E-state index is -3.16. The van der Waals surface area contributed by atoms with Crippen molar-refractivity contribution in [3.8, 4) is 0 Å². The molecule has 1 fully saturated rings. The molecule has 5 nitrogen and oxygen atoms in total. The molecular weight excluding hydrogens is 264 g/mol. The molecule has 1 aliphatic heterocycles. The van der Waals surface area contributed by atoms with Gasteiger partial charge in [0, 0.05) is 18.8 Å². The van der Waals surface area contributed by atoms with Crippen molar-refractivity contribution >= 4 is 21.6 Å². The van der Waals surface area contributed by atoms with E-state index in [0.29, 0.717) is 0 Å². The van der Waals surface area contributed by atoms with Gasteiger partial charge in [-0.05, 0) is 37.1 Å². The molecule has 1 saturated heterocycles. The van der Waals surface area contributed by atoms with Crippen LogP contribution in [0, 0.1) is 19.8 Å². The van der Waals surface area contributed by atoms with Crippen molar-refractivity contribution in [1.82, 2.24) is 4.31 Å². The Hall–Kier alpha value is -1.40. The predicted molar refractivity (Wildman–Crippen MR) is 74.5 cm³/mol. The number of hydrogen-bond donors (Lipinski definition) is 1. The summed E-state index contributed by atoms with van der Waals surface area (Å²) in [7, 11) is -3.16. The SMILES string of the molecule is Cc1ccc(NC(=O)C2CN(S(C)(=O)=O)C2)cc1C. The fourth-order valence-corrected chi connectivity index (χ4v) is 2.84. The van der Waals surface area contributed by atoms with Crippen LogP contribution < -0.4 is 5.32 Å². The number of nitrogens with zero attached hydrogens (tertiary/aromatic N) is 1. The summed E-state index contributed by atoms with van der Waals surface area (Å²) in [6.07, 6.45) is 1.16. The summed E-state index contributed by atoms with van der Waals surface area (Å²) in [5, 5.41) is 2.82. The Balaban J connectivity index is 1.94. The van der Waals surface area contributed by atoms with E-state index in [1.165, 1.54) is 9.87 Å². The van der Waals surface area contributed by atoms with Crippen molar-refractivity contribution in [3.63, 3.8) is 0 Å². The summed E-state index contributed by atoms with van der Waals surface area (Å²) < 4.78 is 23.7. The van der Waals surface area contributed by atoms with Crippen LogP contribution in [0.4, 0.5) is 5.69 Å². The zero-order valence-corrected chi connectivity index (χ0v) is 12.1. The molecular formula is C13H18N2O3S. The third kappa shape index (κ3) is 3.13. The second kappa shape index (κ2) is 4.94. The van der Waals surface area contributed by atoms with E-state index in [9.17, 15) is 13.2 Å². The highest BCUT2D eigenvalue weighted by Gasteiger charge is 2.37. The zero-order valence-electron chi connectivity index (χ0n) is 11.3. The molecule has 19 heavy (non-hydrogen) atoms. The molecule has 1 heterocycles. The van der Waals surface area contributed by atoms with E-state index in [4.69, 9.17) is 0 Å². The van der Waals surface area contributed by atoms with Gasteiger partial charge in [0.2, 0.25) is 15.9 Å². The molecule has 1 aromatic rings. The van der Waals surface area contributed by atoms with Crippen molar-refractivity contribution in [2.75, 3.05) is 24.7 Å². The normalized spacial score (nSPS) is 17.0. The van der Waals surface area contributed by atoms with Gasteiger partial charge in [-0.15, -0.1) is 0 Å². The molecule has 104 valence electrons. The monoisotopic (exact) mass is 282 g/mol. The highest BCUT2D eigenvalue weighted by Crippen LogP contribution is 2.21. The quantitative estimate of drug-likeness (QED) is 0.904. The first kappa shape index (κ1) is 14.0. The van der Waals surface area contributed by atoms with E-state index in [1.807, 2.05) is 32.0 Å². The molecule has 1 N–H and O–H groups in total. The number of nitrogens with one attached hydrogen (secondary N) is 1. The molecule has 0 aliphatic carbocycles. The van der Waals surface area contributed by atoms with Gasteiger partial charge in [0.25, 0.3) is 0 Å². The second-order valence-corrected chi connectivity index (χ2v) is 7.05. The maximum absolute atomic E-state index is 11.9. The van der Waals surface area contributed by atoms with Gasteiger partial charge in [0.15, 0.2) is 0 Å². The number of carbonyl (C=O) groups is 1. The van der Waals surface area contributed by atoms with Crippen LogP contribution in [0.15, 0.2) is 18.2 Å². The average molecular weight is 282 g/mol. The Kier molecular flexibility index (Phi) is 3.64. The minimum Gasteiger partial charge on any atom is -0.326 e. The topological polar surface area (TPSA) is 66.5 Å². The molecule has 1 aliphatic rings. The molecule has 0 atom stereocenters. The number of aryl methyl sites for hydroxylation is 2. The lowest BCUT2D eigenvalue weighted by molar-refractivity contribution is -0.122. The Morgan fingerprint density at radius 3 is 2.42 bits per heavy atom. The second-order valence-electron chi connectivity index (χ2n) is 5.07. The van der Waals surface area contributed by atoms with Gasteiger partial charge in [0.05, 0.1) is 12.2 Å². The van der Waals surface area contributed by atoms with Crippen LogP contribution in [0.2, 0.25) is 0 Å². The highest BCUT2D eigenvalue weighted by molar-refractivity contribution is 7.88. The van der Waals surface area contributed by atoms with Gasteiger partial charge in [-0.25, -0.2) is 12.7 Å². The summed E-state index contributed by atoms with van der Waals surface area (Å²) in [6.45, 7) is 4.54. The van der Waals surface area contributed by atoms with Crippen LogP contribution in [-0.4, -0.2) is 38.0 Å². The smallest absolute Gasteiger partial charge is 0.230 e. The first-order chi connectivity index (χ1) is 8.77. The standard InChI is InChI=1S/C13H18N2O3S/c1-9-4-5-12(6-10(9)2)14-13(16)11-7-15(8-11)19(3,17)18/h4-6,11H,7-8H2,1-3H3,(H,14,16). The summed E-state index contributed by atoms with van der Waals surface area (Å²) >= 11 is 0. The third-order valence-corrected chi connectivity index (χ3v) is 4.70. The van der Waals surface area contributed by atoms with E-state index < -0.39 is 10.0 Å². The summed E-state index contributed by atoms with van der Waals surface area (Å²) in [5.41, 5.74) is 3.04. The van der Waals surface area contributed by atoms with E-state index in [-0.39, 0.29) is 24.9 Å². The first-order valence-corrected chi connectivity index (χ1v) is 7.95. The van der Waals surface area contributed by atoms with Gasteiger partial charge in [0.1, 0.15) is 0 Å². The third-order valence-electron chi connectivity index (χ3n) is 3.46. The average Bonchev–Trinajstić information content (AvgIpc) is 2.19. The Labute approximate surface area is 113 Å². The lowest BCUT2D eigenvalue weighted by atomic mass is 10.0. The molecule has 6 heteroatoms. The molecule has 0 unspecified atom stereocenters. The number of rotatable bonds is 3. The molecule has 0 radical (unpaired) electrons. The van der Waals surface area contributed by atoms with Gasteiger partial charge >= 0.3 is 0 Å². The van der Waals surface area contributed by atoms with Crippen molar-refractivity contribution in [1.29, 1.82) is 0 Å². The van der Waals surface area contributed by atoms with Crippen molar-refractivity contribution < 1.29 is 13.2 Å². The fourth-order valence-electron chi connectivity index (χ4n) is 1.94. The molecule has 1 aromatic carbocycles. The van der Waals surface area contributed by atoms with Crippen LogP contribution in [0.25, 0.3) is 0 Å². The highest BCUT2D eigenvalue weighted by atomic mass is 32.2. The maximum Gasteiger partial charge on any atom is 0.230 e. The number of sulfonamides is 1. The zero-order chi connectivity index (χ0) is 14.2. The lowest BCUT2D eigenvalue weighted by Crippen LogP contribution is -2.53. The van der Waals surface area contributed by atoms with Gasteiger partial charge in [-0.3, -0.25) is 4.79 Å². The number of amides is 1. The van der Waals surface area contributed by atoms with E-state index in [1.54, 1.807) is 0 Å². The molecule has 2 rings (SSSR count). The van der Waals surface area contributed by atoms with Crippen molar-refractivity contribution in [2.45, 2.75) is 13.8 Å². The first-order valence-electron chi connectivity index (χ1n) is 6.10. The van der Waals surface area contributed by atoms with Gasteiger partial charge in [-0.2, -0.15) is 0 Å².